The summed E-state index contributed by atoms with van der Waals surface area (Å²) in [5.74, 6) is 0. The van der Waals surface area contributed by atoms with Gasteiger partial charge in [-0.05, 0) is 33.1 Å². The Morgan fingerprint density at radius 3 is 2.50 bits per heavy atom. The van der Waals surface area contributed by atoms with E-state index in [0.29, 0.717) is 5.54 Å². The first kappa shape index (κ1) is 10.4. The topological polar surface area (TPSA) is 38.5 Å². The van der Waals surface area contributed by atoms with E-state index in [9.17, 15) is 0 Å². The first-order valence-electron chi connectivity index (χ1n) is 5.66. The van der Waals surface area contributed by atoms with Gasteiger partial charge in [0, 0.05) is 24.2 Å². The van der Waals surface area contributed by atoms with Crippen molar-refractivity contribution in [3.05, 3.63) is 0 Å². The van der Waals surface area contributed by atoms with Gasteiger partial charge in [-0.3, -0.25) is 4.90 Å². The smallest absolute Gasteiger partial charge is 0.0645 e. The largest absolute Gasteiger partial charge is 0.378 e. The second kappa shape index (κ2) is 3.47. The van der Waals surface area contributed by atoms with E-state index in [2.05, 4.69) is 18.7 Å². The second-order valence-electron chi connectivity index (χ2n) is 5.30. The highest BCUT2D eigenvalue weighted by Crippen LogP contribution is 2.41. The molecular weight excluding hydrogens is 176 g/mol. The molecule has 1 heterocycles. The van der Waals surface area contributed by atoms with E-state index in [1.807, 2.05) is 0 Å². The number of hydrogen-bond acceptors (Lipinski definition) is 3. The van der Waals surface area contributed by atoms with Crippen LogP contribution in [0.1, 0.15) is 33.1 Å². The number of morpholine rings is 1. The Morgan fingerprint density at radius 1 is 1.36 bits per heavy atom. The SMILES string of the molecule is CC1(C)COCCN1C1(CN)CCC1. The molecule has 2 fully saturated rings. The van der Waals surface area contributed by atoms with Crippen LogP contribution in [0.3, 0.4) is 0 Å². The van der Waals surface area contributed by atoms with Crippen molar-refractivity contribution in [3.8, 4) is 0 Å². The van der Waals surface area contributed by atoms with Crippen LogP contribution < -0.4 is 5.73 Å². The van der Waals surface area contributed by atoms with Gasteiger partial charge < -0.3 is 10.5 Å². The Labute approximate surface area is 86.6 Å². The normalized spacial score (nSPS) is 31.1. The molecule has 2 N–H and O–H groups in total. The number of rotatable bonds is 2. The third-order valence-corrected chi connectivity index (χ3v) is 3.88. The first-order valence-corrected chi connectivity index (χ1v) is 5.66. The second-order valence-corrected chi connectivity index (χ2v) is 5.30. The summed E-state index contributed by atoms with van der Waals surface area (Å²) in [6.07, 6.45) is 3.88. The van der Waals surface area contributed by atoms with Gasteiger partial charge in [0.25, 0.3) is 0 Å². The van der Waals surface area contributed by atoms with E-state index >= 15 is 0 Å². The Bertz CT molecular complexity index is 206. The Morgan fingerprint density at radius 2 is 2.07 bits per heavy atom. The van der Waals surface area contributed by atoms with Gasteiger partial charge >= 0.3 is 0 Å². The Balaban J connectivity index is 2.14. The van der Waals surface area contributed by atoms with Gasteiger partial charge in [0.1, 0.15) is 0 Å². The minimum absolute atomic E-state index is 0.165. The molecule has 82 valence electrons. The van der Waals surface area contributed by atoms with Gasteiger partial charge in [-0.1, -0.05) is 0 Å². The number of hydrogen-bond donors (Lipinski definition) is 1. The molecule has 0 bridgehead atoms. The molecule has 14 heavy (non-hydrogen) atoms. The van der Waals surface area contributed by atoms with Crippen molar-refractivity contribution >= 4 is 0 Å². The molecule has 2 rings (SSSR count). The van der Waals surface area contributed by atoms with Gasteiger partial charge in [0.05, 0.1) is 13.2 Å². The summed E-state index contributed by atoms with van der Waals surface area (Å²) in [6.45, 7) is 8.09. The summed E-state index contributed by atoms with van der Waals surface area (Å²) >= 11 is 0. The molecule has 0 aromatic heterocycles. The Kier molecular flexibility index (Phi) is 2.58. The van der Waals surface area contributed by atoms with Crippen LogP contribution in [0.4, 0.5) is 0 Å². The highest BCUT2D eigenvalue weighted by atomic mass is 16.5. The van der Waals surface area contributed by atoms with Crippen LogP contribution in [0.5, 0.6) is 0 Å². The quantitative estimate of drug-likeness (QED) is 0.719. The lowest BCUT2D eigenvalue weighted by atomic mass is 9.73. The lowest BCUT2D eigenvalue weighted by molar-refractivity contribution is -0.127. The van der Waals surface area contributed by atoms with E-state index in [-0.39, 0.29) is 5.54 Å². The maximum atomic E-state index is 5.94. The molecule has 0 amide bonds. The molecule has 2 aliphatic rings. The molecule has 1 aliphatic carbocycles. The highest BCUT2D eigenvalue weighted by Gasteiger charge is 2.48. The monoisotopic (exact) mass is 198 g/mol. The molecule has 0 aromatic carbocycles. The van der Waals surface area contributed by atoms with E-state index in [1.54, 1.807) is 0 Å². The summed E-state index contributed by atoms with van der Waals surface area (Å²) in [5.41, 5.74) is 6.40. The summed E-state index contributed by atoms with van der Waals surface area (Å²) < 4.78 is 5.54. The molecule has 1 saturated carbocycles. The molecule has 0 unspecified atom stereocenters. The number of ether oxygens (including phenoxy) is 1. The van der Waals surface area contributed by atoms with E-state index in [4.69, 9.17) is 10.5 Å². The fraction of sp³-hybridized carbons (Fsp3) is 1.00. The minimum atomic E-state index is 0.165. The van der Waals surface area contributed by atoms with Gasteiger partial charge in [0.15, 0.2) is 0 Å². The predicted molar refractivity (Wildman–Crippen MR) is 57.2 cm³/mol. The summed E-state index contributed by atoms with van der Waals surface area (Å²) in [7, 11) is 0. The van der Waals surface area contributed by atoms with Crippen molar-refractivity contribution in [2.75, 3.05) is 26.3 Å². The van der Waals surface area contributed by atoms with Gasteiger partial charge in [-0.25, -0.2) is 0 Å². The predicted octanol–water partition coefficient (Wildman–Crippen LogP) is 0.979. The van der Waals surface area contributed by atoms with Crippen LogP contribution in [0, 0.1) is 0 Å². The van der Waals surface area contributed by atoms with E-state index < -0.39 is 0 Å². The van der Waals surface area contributed by atoms with Crippen LogP contribution in [0.25, 0.3) is 0 Å². The molecule has 0 atom stereocenters. The lowest BCUT2D eigenvalue weighted by Gasteiger charge is -2.57. The van der Waals surface area contributed by atoms with Crippen molar-refractivity contribution in [2.24, 2.45) is 5.73 Å². The number of nitrogens with two attached hydrogens (primary N) is 1. The lowest BCUT2D eigenvalue weighted by Crippen LogP contribution is -2.68. The standard InChI is InChI=1S/C11H22N2O/c1-10(2)9-14-7-6-13(10)11(8-12)4-3-5-11/h3-9,12H2,1-2H3. The van der Waals surface area contributed by atoms with E-state index in [1.165, 1.54) is 19.3 Å². The van der Waals surface area contributed by atoms with Crippen molar-refractivity contribution < 1.29 is 4.74 Å². The first-order chi connectivity index (χ1) is 6.61. The third-order valence-electron chi connectivity index (χ3n) is 3.88. The van der Waals surface area contributed by atoms with Crippen LogP contribution in [0.2, 0.25) is 0 Å². The Hall–Kier alpha value is -0.120. The van der Waals surface area contributed by atoms with Gasteiger partial charge in [0.2, 0.25) is 0 Å². The molecule has 3 nitrogen and oxygen atoms in total. The highest BCUT2D eigenvalue weighted by molar-refractivity contribution is 5.04. The van der Waals surface area contributed by atoms with Crippen LogP contribution in [-0.4, -0.2) is 42.3 Å². The van der Waals surface area contributed by atoms with Crippen LogP contribution >= 0.6 is 0 Å². The minimum Gasteiger partial charge on any atom is -0.378 e. The fourth-order valence-electron chi connectivity index (χ4n) is 2.91. The van der Waals surface area contributed by atoms with Crippen molar-refractivity contribution in [1.82, 2.24) is 4.90 Å². The maximum Gasteiger partial charge on any atom is 0.0645 e. The molecule has 0 radical (unpaired) electrons. The molecule has 0 aromatic rings. The zero-order valence-electron chi connectivity index (χ0n) is 9.38. The number of nitrogens with zero attached hydrogens (tertiary/aromatic N) is 1. The van der Waals surface area contributed by atoms with Crippen molar-refractivity contribution in [2.45, 2.75) is 44.2 Å². The van der Waals surface area contributed by atoms with Crippen LogP contribution in [-0.2, 0) is 4.74 Å². The average molecular weight is 198 g/mol. The van der Waals surface area contributed by atoms with Gasteiger partial charge in [-0.2, -0.15) is 0 Å². The molecule has 0 spiro atoms. The molecule has 3 heteroatoms. The summed E-state index contributed by atoms with van der Waals surface area (Å²) in [6, 6.07) is 0. The zero-order valence-corrected chi connectivity index (χ0v) is 9.38. The molecular formula is C11H22N2O. The summed E-state index contributed by atoms with van der Waals surface area (Å²) in [5, 5.41) is 0. The van der Waals surface area contributed by atoms with E-state index in [0.717, 1.165) is 26.3 Å². The van der Waals surface area contributed by atoms with Gasteiger partial charge in [-0.15, -0.1) is 0 Å². The molecule has 1 saturated heterocycles. The average Bonchev–Trinajstić information content (AvgIpc) is 2.06. The third kappa shape index (κ3) is 1.47. The van der Waals surface area contributed by atoms with Crippen molar-refractivity contribution in [3.63, 3.8) is 0 Å². The van der Waals surface area contributed by atoms with Crippen LogP contribution in [0.15, 0.2) is 0 Å². The fourth-order valence-corrected chi connectivity index (χ4v) is 2.91. The summed E-state index contributed by atoms with van der Waals surface area (Å²) in [4.78, 5) is 2.59. The zero-order chi connectivity index (χ0) is 10.2. The maximum absolute atomic E-state index is 5.94. The van der Waals surface area contributed by atoms with Crippen molar-refractivity contribution in [1.29, 1.82) is 0 Å². The molecule has 1 aliphatic heterocycles.